The van der Waals surface area contributed by atoms with Crippen molar-refractivity contribution in [3.63, 3.8) is 0 Å². The van der Waals surface area contributed by atoms with Gasteiger partial charge in [0.05, 0.1) is 12.8 Å². The summed E-state index contributed by atoms with van der Waals surface area (Å²) < 4.78 is 15.9. The molecule has 1 fully saturated rings. The van der Waals surface area contributed by atoms with Gasteiger partial charge >= 0.3 is 0 Å². The third kappa shape index (κ3) is 3.28. The highest BCUT2D eigenvalue weighted by Gasteiger charge is 2.56. The van der Waals surface area contributed by atoms with Crippen LogP contribution in [0.1, 0.15) is 18.4 Å². The molecule has 1 heterocycles. The summed E-state index contributed by atoms with van der Waals surface area (Å²) in [5, 5.41) is 5.68. The van der Waals surface area contributed by atoms with Crippen LogP contribution in [0.3, 0.4) is 0 Å². The molecule has 0 unspecified atom stereocenters. The molecule has 4 rings (SSSR count). The summed E-state index contributed by atoms with van der Waals surface area (Å²) in [5.41, 5.74) is 0.422. The molecular formula is C20H20N2O5. The Morgan fingerprint density at radius 2 is 1.85 bits per heavy atom. The normalized spacial score (nSPS) is 15.7. The monoisotopic (exact) mass is 368 g/mol. The van der Waals surface area contributed by atoms with Crippen molar-refractivity contribution in [3.8, 4) is 17.2 Å². The summed E-state index contributed by atoms with van der Waals surface area (Å²) in [6.07, 6.45) is 1.06. The average Bonchev–Trinajstić information content (AvgIpc) is 3.38. The lowest BCUT2D eigenvalue weighted by atomic mass is 10.0. The standard InChI is InChI=1S/C20H20N2O5/c1-25-15-5-3-2-4-14(15)22-19(24)20(8-9-20)18(23)21-11-13-6-7-16-17(10-13)27-12-26-16/h2-7,10H,8-9,11-12H2,1H3,(H,21,23)(H,22,24). The molecule has 1 saturated carbocycles. The van der Waals surface area contributed by atoms with E-state index in [1.54, 1.807) is 18.2 Å². The Balaban J connectivity index is 1.40. The number of ether oxygens (including phenoxy) is 3. The highest BCUT2D eigenvalue weighted by Crippen LogP contribution is 2.47. The zero-order chi connectivity index (χ0) is 18.9. The molecule has 2 N–H and O–H groups in total. The van der Waals surface area contributed by atoms with Gasteiger partial charge in [-0.2, -0.15) is 0 Å². The second-order valence-corrected chi connectivity index (χ2v) is 6.61. The minimum atomic E-state index is -1.02. The van der Waals surface area contributed by atoms with Gasteiger partial charge in [0.15, 0.2) is 11.5 Å². The Hall–Kier alpha value is -3.22. The zero-order valence-electron chi connectivity index (χ0n) is 14.9. The number of benzene rings is 2. The number of rotatable bonds is 6. The third-order valence-corrected chi connectivity index (χ3v) is 4.86. The Morgan fingerprint density at radius 3 is 2.63 bits per heavy atom. The number of carbonyl (C=O) groups is 2. The summed E-state index contributed by atoms with van der Waals surface area (Å²) in [6.45, 7) is 0.524. The number of anilines is 1. The van der Waals surface area contributed by atoms with Crippen LogP contribution in [0.2, 0.25) is 0 Å². The molecule has 2 aliphatic rings. The van der Waals surface area contributed by atoms with Crippen LogP contribution in [0.5, 0.6) is 17.2 Å². The van der Waals surface area contributed by atoms with Crippen LogP contribution in [0.15, 0.2) is 42.5 Å². The molecule has 2 aromatic rings. The molecule has 0 atom stereocenters. The maximum absolute atomic E-state index is 12.7. The van der Waals surface area contributed by atoms with Crippen LogP contribution in [-0.2, 0) is 16.1 Å². The van der Waals surface area contributed by atoms with Crippen molar-refractivity contribution in [2.75, 3.05) is 19.2 Å². The fourth-order valence-electron chi connectivity index (χ4n) is 3.07. The van der Waals surface area contributed by atoms with Gasteiger partial charge in [-0.15, -0.1) is 0 Å². The van der Waals surface area contributed by atoms with E-state index in [0.29, 0.717) is 42.3 Å². The average molecular weight is 368 g/mol. The first-order valence-electron chi connectivity index (χ1n) is 8.74. The van der Waals surface area contributed by atoms with Crippen molar-refractivity contribution in [3.05, 3.63) is 48.0 Å². The van der Waals surface area contributed by atoms with E-state index in [2.05, 4.69) is 10.6 Å². The minimum Gasteiger partial charge on any atom is -0.495 e. The largest absolute Gasteiger partial charge is 0.495 e. The van der Waals surface area contributed by atoms with Crippen molar-refractivity contribution in [1.29, 1.82) is 0 Å². The molecule has 27 heavy (non-hydrogen) atoms. The molecule has 2 amide bonds. The second kappa shape index (κ2) is 6.83. The number of fused-ring (bicyclic) bond motifs is 1. The highest BCUT2D eigenvalue weighted by molar-refractivity contribution is 6.13. The van der Waals surface area contributed by atoms with E-state index in [-0.39, 0.29) is 18.6 Å². The highest BCUT2D eigenvalue weighted by atomic mass is 16.7. The molecule has 2 aromatic carbocycles. The van der Waals surface area contributed by atoms with Crippen molar-refractivity contribution in [2.45, 2.75) is 19.4 Å². The van der Waals surface area contributed by atoms with Gasteiger partial charge in [-0.1, -0.05) is 18.2 Å². The Labute approximate surface area is 156 Å². The maximum Gasteiger partial charge on any atom is 0.240 e. The molecule has 0 saturated heterocycles. The van der Waals surface area contributed by atoms with Gasteiger partial charge in [0, 0.05) is 6.54 Å². The number of amides is 2. The van der Waals surface area contributed by atoms with E-state index in [4.69, 9.17) is 14.2 Å². The first-order valence-corrected chi connectivity index (χ1v) is 8.74. The van der Waals surface area contributed by atoms with Crippen molar-refractivity contribution in [2.24, 2.45) is 5.41 Å². The summed E-state index contributed by atoms with van der Waals surface area (Å²) in [4.78, 5) is 25.4. The van der Waals surface area contributed by atoms with Crippen LogP contribution in [0.4, 0.5) is 5.69 Å². The lowest BCUT2D eigenvalue weighted by Crippen LogP contribution is -2.39. The molecule has 0 aromatic heterocycles. The SMILES string of the molecule is COc1ccccc1NC(=O)C1(C(=O)NCc2ccc3c(c2)OCO3)CC1. The summed E-state index contributed by atoms with van der Waals surface area (Å²) in [7, 11) is 1.54. The number of methoxy groups -OCH3 is 1. The van der Waals surface area contributed by atoms with Crippen LogP contribution < -0.4 is 24.8 Å². The molecule has 0 bridgehead atoms. The predicted octanol–water partition coefficient (Wildman–Crippen LogP) is 2.46. The van der Waals surface area contributed by atoms with E-state index in [0.717, 1.165) is 5.56 Å². The molecule has 1 aliphatic heterocycles. The van der Waals surface area contributed by atoms with Gasteiger partial charge < -0.3 is 24.8 Å². The first kappa shape index (κ1) is 17.2. The van der Waals surface area contributed by atoms with E-state index in [1.165, 1.54) is 7.11 Å². The zero-order valence-corrected chi connectivity index (χ0v) is 14.9. The van der Waals surface area contributed by atoms with Gasteiger partial charge in [-0.25, -0.2) is 0 Å². The number of nitrogens with one attached hydrogen (secondary N) is 2. The topological polar surface area (TPSA) is 85.9 Å². The quantitative estimate of drug-likeness (QED) is 0.765. The van der Waals surface area contributed by atoms with E-state index in [1.807, 2.05) is 24.3 Å². The molecular weight excluding hydrogens is 348 g/mol. The van der Waals surface area contributed by atoms with Gasteiger partial charge in [-0.05, 0) is 42.7 Å². The minimum absolute atomic E-state index is 0.206. The molecule has 140 valence electrons. The number of para-hydroxylation sites is 2. The Morgan fingerprint density at radius 1 is 1.07 bits per heavy atom. The van der Waals surface area contributed by atoms with E-state index >= 15 is 0 Å². The van der Waals surface area contributed by atoms with E-state index in [9.17, 15) is 9.59 Å². The van der Waals surface area contributed by atoms with Crippen molar-refractivity contribution in [1.82, 2.24) is 5.32 Å². The maximum atomic E-state index is 12.7. The lowest BCUT2D eigenvalue weighted by molar-refractivity contribution is -0.134. The Kier molecular flexibility index (Phi) is 4.35. The predicted molar refractivity (Wildman–Crippen MR) is 97.7 cm³/mol. The Bertz CT molecular complexity index is 892. The molecule has 7 nitrogen and oxygen atoms in total. The smallest absolute Gasteiger partial charge is 0.240 e. The first-order chi connectivity index (χ1) is 13.1. The fourth-order valence-corrected chi connectivity index (χ4v) is 3.07. The van der Waals surface area contributed by atoms with Crippen LogP contribution in [0, 0.1) is 5.41 Å². The molecule has 7 heteroatoms. The van der Waals surface area contributed by atoms with Crippen molar-refractivity contribution < 1.29 is 23.8 Å². The number of hydrogen-bond donors (Lipinski definition) is 2. The summed E-state index contributed by atoms with van der Waals surface area (Å²) in [5.74, 6) is 1.34. The van der Waals surface area contributed by atoms with Gasteiger partial charge in [0.1, 0.15) is 11.2 Å². The third-order valence-electron chi connectivity index (χ3n) is 4.86. The van der Waals surface area contributed by atoms with Gasteiger partial charge in [0.2, 0.25) is 18.6 Å². The van der Waals surface area contributed by atoms with Crippen LogP contribution >= 0.6 is 0 Å². The van der Waals surface area contributed by atoms with Crippen molar-refractivity contribution >= 4 is 17.5 Å². The molecule has 0 radical (unpaired) electrons. The lowest BCUT2D eigenvalue weighted by Gasteiger charge is -2.17. The van der Waals surface area contributed by atoms with E-state index < -0.39 is 5.41 Å². The summed E-state index contributed by atoms with van der Waals surface area (Å²) >= 11 is 0. The number of hydrogen-bond acceptors (Lipinski definition) is 5. The molecule has 1 aliphatic carbocycles. The van der Waals surface area contributed by atoms with Crippen LogP contribution in [0.25, 0.3) is 0 Å². The van der Waals surface area contributed by atoms with Crippen LogP contribution in [-0.4, -0.2) is 25.7 Å². The molecule has 0 spiro atoms. The number of carbonyl (C=O) groups excluding carboxylic acids is 2. The second-order valence-electron chi connectivity index (χ2n) is 6.61. The fraction of sp³-hybridized carbons (Fsp3) is 0.300. The van der Waals surface area contributed by atoms with Gasteiger partial charge in [0.25, 0.3) is 0 Å². The van der Waals surface area contributed by atoms with Gasteiger partial charge in [-0.3, -0.25) is 9.59 Å². The summed E-state index contributed by atoms with van der Waals surface area (Å²) in [6, 6.07) is 12.6.